The predicted octanol–water partition coefficient (Wildman–Crippen LogP) is 22.1. The second-order valence-electron chi connectivity index (χ2n) is 20.4. The van der Waals surface area contributed by atoms with E-state index in [1.165, 1.54) is 43.8 Å². The molecule has 0 radical (unpaired) electrons. The topological polar surface area (TPSA) is 6.48 Å². The largest absolute Gasteiger partial charge is 0.309 e. The molecule has 14 aromatic carbocycles. The maximum Gasteiger partial charge on any atom is 0.0546 e. The molecule has 2 nitrogen and oxygen atoms in total. The van der Waals surface area contributed by atoms with E-state index in [9.17, 15) is 0 Å². The first-order valence-electron chi connectivity index (χ1n) is 27.5. The van der Waals surface area contributed by atoms with Crippen LogP contribution in [0, 0.1) is 0 Å². The highest BCUT2D eigenvalue weighted by Crippen LogP contribution is 2.52. The van der Waals surface area contributed by atoms with Gasteiger partial charge in [0.05, 0.1) is 22.7 Å². The fraction of sp³-hybridized carbons (Fsp3) is 0. The van der Waals surface area contributed by atoms with Crippen molar-refractivity contribution in [1.29, 1.82) is 0 Å². The quantitative estimate of drug-likeness (QED) is 0.120. The molecule has 0 heterocycles. The Hall–Kier alpha value is -10.5. The Labute approximate surface area is 468 Å². The Morgan fingerprint density at radius 1 is 0.175 bits per heavy atom. The first-order valence-corrected chi connectivity index (χ1v) is 27.5. The van der Waals surface area contributed by atoms with Gasteiger partial charge in [0.25, 0.3) is 0 Å². The summed E-state index contributed by atoms with van der Waals surface area (Å²) < 4.78 is 0. The van der Waals surface area contributed by atoms with Crippen LogP contribution in [0.1, 0.15) is 0 Å². The summed E-state index contributed by atoms with van der Waals surface area (Å²) in [4.78, 5) is 4.98. The lowest BCUT2D eigenvalue weighted by Crippen LogP contribution is -2.14. The van der Waals surface area contributed by atoms with Gasteiger partial charge in [0.2, 0.25) is 0 Å². The van der Waals surface area contributed by atoms with Crippen LogP contribution in [0.4, 0.5) is 34.1 Å². The fourth-order valence-electron chi connectivity index (χ4n) is 11.9. The third-order valence-corrected chi connectivity index (χ3v) is 15.7. The van der Waals surface area contributed by atoms with Crippen molar-refractivity contribution < 1.29 is 0 Å². The first-order chi connectivity index (χ1) is 39.7. The molecular formula is C78H54N2. The Balaban J connectivity index is 1.04. The number of fused-ring (bicyclic) bond motifs is 3. The average molecular weight is 1020 g/mol. The summed E-state index contributed by atoms with van der Waals surface area (Å²) in [5, 5.41) is 7.20. The summed E-state index contributed by atoms with van der Waals surface area (Å²) in [6.45, 7) is 0. The Morgan fingerprint density at radius 2 is 0.537 bits per heavy atom. The van der Waals surface area contributed by atoms with Crippen LogP contribution in [0.25, 0.3) is 99.1 Å². The van der Waals surface area contributed by atoms with Gasteiger partial charge in [-0.1, -0.05) is 273 Å². The van der Waals surface area contributed by atoms with Crippen LogP contribution in [-0.4, -0.2) is 0 Å². The van der Waals surface area contributed by atoms with Gasteiger partial charge >= 0.3 is 0 Å². The average Bonchev–Trinajstić information content (AvgIpc) is 3.73. The van der Waals surface area contributed by atoms with Crippen LogP contribution in [0.2, 0.25) is 0 Å². The number of para-hydroxylation sites is 2. The molecule has 376 valence electrons. The SMILES string of the molecule is c1ccc(-c2ccccc2N(c2ccc(-c3cccc4ccccc34)cc2)c2cc3c(-c4ccccc4)c(N(c4ccc(-c5cccc6ccccc56)cc4)c4ccccc4-c4ccccc4)ccc3cc2-c2ccccc2)cc1. The standard InChI is InChI=1S/C78H54N2/c1-5-23-57(24-6-1)70-37-17-19-41-74(70)79(64-48-43-60(44-49-64)68-39-21-33-55-29-13-15-35-66(55)68)76-52-47-63-53-72(59-27-9-3-10-28-59)77(54-73(63)78(76)62-31-11-4-12-32-62)80(75-42-20-18-38-71(75)58-25-7-2-8-26-58)65-50-45-61(46-51-65)69-40-22-34-56-30-14-16-36-67(56)69/h1-54H. The molecule has 0 unspecified atom stereocenters. The van der Waals surface area contributed by atoms with Crippen LogP contribution in [0.3, 0.4) is 0 Å². The molecule has 0 atom stereocenters. The van der Waals surface area contributed by atoms with Gasteiger partial charge in [-0.05, 0) is 131 Å². The molecule has 14 aromatic rings. The zero-order valence-corrected chi connectivity index (χ0v) is 44.1. The molecule has 0 N–H and O–H groups in total. The van der Waals surface area contributed by atoms with Gasteiger partial charge in [-0.3, -0.25) is 0 Å². The molecule has 0 spiro atoms. The summed E-state index contributed by atoms with van der Waals surface area (Å²) >= 11 is 0. The van der Waals surface area contributed by atoms with Crippen molar-refractivity contribution in [2.75, 3.05) is 9.80 Å². The van der Waals surface area contributed by atoms with Gasteiger partial charge in [0.1, 0.15) is 0 Å². The Kier molecular flexibility index (Phi) is 12.6. The third-order valence-electron chi connectivity index (χ3n) is 15.7. The summed E-state index contributed by atoms with van der Waals surface area (Å²) in [6.07, 6.45) is 0. The smallest absolute Gasteiger partial charge is 0.0546 e. The van der Waals surface area contributed by atoms with Gasteiger partial charge in [0.15, 0.2) is 0 Å². The first kappa shape index (κ1) is 47.9. The van der Waals surface area contributed by atoms with Gasteiger partial charge in [0, 0.05) is 33.6 Å². The van der Waals surface area contributed by atoms with Crippen molar-refractivity contribution in [1.82, 2.24) is 0 Å². The van der Waals surface area contributed by atoms with Crippen LogP contribution >= 0.6 is 0 Å². The molecule has 0 amide bonds. The van der Waals surface area contributed by atoms with E-state index < -0.39 is 0 Å². The molecule has 80 heavy (non-hydrogen) atoms. The van der Waals surface area contributed by atoms with Crippen molar-refractivity contribution in [3.63, 3.8) is 0 Å². The highest BCUT2D eigenvalue weighted by atomic mass is 15.2. The van der Waals surface area contributed by atoms with E-state index in [0.29, 0.717) is 0 Å². The Bertz CT molecular complexity index is 4490. The number of rotatable bonds is 12. The number of nitrogens with zero attached hydrogens (tertiary/aromatic N) is 2. The van der Waals surface area contributed by atoms with E-state index in [1.807, 2.05) is 0 Å². The van der Waals surface area contributed by atoms with E-state index >= 15 is 0 Å². The molecule has 0 bridgehead atoms. The van der Waals surface area contributed by atoms with Crippen molar-refractivity contribution in [3.8, 4) is 66.8 Å². The molecule has 0 aliphatic rings. The Morgan fingerprint density at radius 3 is 1.02 bits per heavy atom. The highest BCUT2D eigenvalue weighted by molar-refractivity contribution is 6.11. The lowest BCUT2D eigenvalue weighted by Gasteiger charge is -2.32. The van der Waals surface area contributed by atoms with Crippen LogP contribution < -0.4 is 9.80 Å². The molecule has 0 fully saturated rings. The molecule has 2 heteroatoms. The number of hydrogen-bond donors (Lipinski definition) is 0. The summed E-state index contributed by atoms with van der Waals surface area (Å²) in [5.74, 6) is 0. The van der Waals surface area contributed by atoms with Crippen LogP contribution in [0.15, 0.2) is 328 Å². The normalized spacial score (nSPS) is 11.2. The van der Waals surface area contributed by atoms with E-state index in [0.717, 1.165) is 89.4 Å². The maximum atomic E-state index is 2.49. The highest BCUT2D eigenvalue weighted by Gasteiger charge is 2.26. The minimum absolute atomic E-state index is 1.05. The maximum absolute atomic E-state index is 2.49. The van der Waals surface area contributed by atoms with Crippen molar-refractivity contribution >= 4 is 66.4 Å². The van der Waals surface area contributed by atoms with Crippen molar-refractivity contribution in [2.24, 2.45) is 0 Å². The number of anilines is 6. The monoisotopic (exact) mass is 1020 g/mol. The van der Waals surface area contributed by atoms with Gasteiger partial charge in [-0.15, -0.1) is 0 Å². The molecular weight excluding hydrogens is 965 g/mol. The second kappa shape index (κ2) is 21.1. The van der Waals surface area contributed by atoms with Crippen LogP contribution in [0.5, 0.6) is 0 Å². The molecule has 0 aromatic heterocycles. The third kappa shape index (κ3) is 8.95. The lowest BCUT2D eigenvalue weighted by molar-refractivity contribution is 1.28. The van der Waals surface area contributed by atoms with Crippen LogP contribution in [-0.2, 0) is 0 Å². The van der Waals surface area contributed by atoms with Gasteiger partial charge in [-0.25, -0.2) is 0 Å². The van der Waals surface area contributed by atoms with E-state index in [2.05, 4.69) is 337 Å². The zero-order valence-electron chi connectivity index (χ0n) is 44.1. The number of hydrogen-bond acceptors (Lipinski definition) is 2. The molecule has 0 saturated heterocycles. The van der Waals surface area contributed by atoms with E-state index in [1.54, 1.807) is 0 Å². The number of benzene rings is 14. The minimum atomic E-state index is 1.05. The van der Waals surface area contributed by atoms with Crippen molar-refractivity contribution in [2.45, 2.75) is 0 Å². The summed E-state index contributed by atoms with van der Waals surface area (Å²) in [5.41, 5.74) is 20.2. The predicted molar refractivity (Wildman–Crippen MR) is 341 cm³/mol. The lowest BCUT2D eigenvalue weighted by atomic mass is 9.90. The summed E-state index contributed by atoms with van der Waals surface area (Å²) in [6, 6.07) is 120. The molecule has 14 rings (SSSR count). The molecule has 0 saturated carbocycles. The summed E-state index contributed by atoms with van der Waals surface area (Å²) in [7, 11) is 0. The minimum Gasteiger partial charge on any atom is -0.309 e. The van der Waals surface area contributed by atoms with E-state index in [-0.39, 0.29) is 0 Å². The molecule has 0 aliphatic heterocycles. The van der Waals surface area contributed by atoms with Gasteiger partial charge in [-0.2, -0.15) is 0 Å². The molecule has 0 aliphatic carbocycles. The van der Waals surface area contributed by atoms with Crippen molar-refractivity contribution in [3.05, 3.63) is 328 Å². The van der Waals surface area contributed by atoms with E-state index in [4.69, 9.17) is 0 Å². The zero-order chi connectivity index (χ0) is 53.2. The fourth-order valence-corrected chi connectivity index (χ4v) is 11.9. The van der Waals surface area contributed by atoms with Gasteiger partial charge < -0.3 is 9.80 Å². The second-order valence-corrected chi connectivity index (χ2v) is 20.4.